The fourth-order valence-corrected chi connectivity index (χ4v) is 1.18. The highest BCUT2D eigenvalue weighted by Gasteiger charge is 2.06. The van der Waals surface area contributed by atoms with Crippen LogP contribution in [0.5, 0.6) is 0 Å². The van der Waals surface area contributed by atoms with Crippen LogP contribution < -0.4 is 0 Å². The van der Waals surface area contributed by atoms with Gasteiger partial charge in [-0.25, -0.2) is 0 Å². The van der Waals surface area contributed by atoms with Crippen molar-refractivity contribution in [1.82, 2.24) is 0 Å². The van der Waals surface area contributed by atoms with E-state index in [1.165, 1.54) is 7.11 Å². The second-order valence-electron chi connectivity index (χ2n) is 3.07. The lowest BCUT2D eigenvalue weighted by molar-refractivity contribution is 0.213. The van der Waals surface area contributed by atoms with E-state index >= 15 is 0 Å². The Hall–Kier alpha value is -1.84. The molecule has 0 aliphatic heterocycles. The molecule has 1 N–H and O–H groups in total. The molecule has 1 aromatic carbocycles. The van der Waals surface area contributed by atoms with Gasteiger partial charge in [-0.3, -0.25) is 0 Å². The highest BCUT2D eigenvalue weighted by atomic mass is 16.6. The smallest absolute Gasteiger partial charge is 0.109 e. The highest BCUT2D eigenvalue weighted by molar-refractivity contribution is 6.41. The maximum Gasteiger partial charge on any atom is 0.109 e. The second-order valence-corrected chi connectivity index (χ2v) is 3.07. The monoisotopic (exact) mass is 206 g/mol. The maximum atomic E-state index is 8.66. The van der Waals surface area contributed by atoms with Crippen molar-refractivity contribution in [3.8, 4) is 0 Å². The van der Waals surface area contributed by atoms with E-state index in [0.717, 1.165) is 5.56 Å². The maximum absolute atomic E-state index is 8.66. The zero-order valence-corrected chi connectivity index (χ0v) is 8.84. The third-order valence-corrected chi connectivity index (χ3v) is 1.98. The minimum absolute atomic E-state index is 0.459. The number of benzene rings is 1. The molecule has 0 spiro atoms. The molecule has 0 saturated carbocycles. The van der Waals surface area contributed by atoms with Crippen molar-refractivity contribution in [2.24, 2.45) is 10.3 Å². The molecule has 80 valence electrons. The Morgan fingerprint density at radius 3 is 2.53 bits per heavy atom. The number of oxime groups is 2. The molecule has 0 aliphatic carbocycles. The molecule has 1 rings (SSSR count). The zero-order chi connectivity index (χ0) is 11.1. The average molecular weight is 206 g/mol. The summed E-state index contributed by atoms with van der Waals surface area (Å²) in [7, 11) is 1.47. The average Bonchev–Trinajstić information content (AvgIpc) is 2.29. The predicted molar refractivity (Wildman–Crippen MR) is 59.5 cm³/mol. The SMILES string of the molecule is CO/N=C(Cc1ccccc1)\C(C)=N\O. The number of rotatable bonds is 4. The van der Waals surface area contributed by atoms with Crippen molar-refractivity contribution < 1.29 is 10.0 Å². The highest BCUT2D eigenvalue weighted by Crippen LogP contribution is 2.02. The van der Waals surface area contributed by atoms with Gasteiger partial charge in [0.2, 0.25) is 0 Å². The Morgan fingerprint density at radius 1 is 1.33 bits per heavy atom. The van der Waals surface area contributed by atoms with Gasteiger partial charge in [-0.2, -0.15) is 0 Å². The van der Waals surface area contributed by atoms with Gasteiger partial charge >= 0.3 is 0 Å². The summed E-state index contributed by atoms with van der Waals surface area (Å²) in [6.07, 6.45) is 0.588. The van der Waals surface area contributed by atoms with Crippen LogP contribution >= 0.6 is 0 Å². The molecular formula is C11H14N2O2. The van der Waals surface area contributed by atoms with E-state index in [4.69, 9.17) is 10.0 Å². The van der Waals surface area contributed by atoms with Crippen molar-refractivity contribution in [3.63, 3.8) is 0 Å². The third kappa shape index (κ3) is 3.42. The molecule has 0 radical (unpaired) electrons. The minimum Gasteiger partial charge on any atom is -0.411 e. The molecule has 0 amide bonds. The summed E-state index contributed by atoms with van der Waals surface area (Å²) < 4.78 is 0. The van der Waals surface area contributed by atoms with Crippen LogP contribution in [-0.2, 0) is 11.3 Å². The molecule has 4 heteroatoms. The molecule has 0 unspecified atom stereocenters. The molecule has 4 nitrogen and oxygen atoms in total. The van der Waals surface area contributed by atoms with E-state index in [2.05, 4.69) is 10.3 Å². The number of hydrogen-bond donors (Lipinski definition) is 1. The zero-order valence-electron chi connectivity index (χ0n) is 8.84. The quantitative estimate of drug-likeness (QED) is 0.466. The van der Waals surface area contributed by atoms with Crippen molar-refractivity contribution >= 4 is 11.4 Å². The van der Waals surface area contributed by atoms with Crippen LogP contribution in [0.2, 0.25) is 0 Å². The van der Waals surface area contributed by atoms with Gasteiger partial charge in [0.1, 0.15) is 18.5 Å². The Labute approximate surface area is 88.9 Å². The summed E-state index contributed by atoms with van der Waals surface area (Å²) in [5.41, 5.74) is 2.17. The lowest BCUT2D eigenvalue weighted by Crippen LogP contribution is -2.14. The molecule has 0 aromatic heterocycles. The summed E-state index contributed by atoms with van der Waals surface area (Å²) in [6.45, 7) is 1.68. The molecule has 0 fully saturated rings. The molecular weight excluding hydrogens is 192 g/mol. The Kier molecular flexibility index (Phi) is 4.34. The molecule has 1 aromatic rings. The summed E-state index contributed by atoms with van der Waals surface area (Å²) in [6, 6.07) is 9.81. The Morgan fingerprint density at radius 2 is 2.00 bits per heavy atom. The van der Waals surface area contributed by atoms with Gasteiger partial charge < -0.3 is 10.0 Å². The van der Waals surface area contributed by atoms with Crippen molar-refractivity contribution in [1.29, 1.82) is 0 Å². The van der Waals surface area contributed by atoms with Gasteiger partial charge in [0.15, 0.2) is 0 Å². The fraction of sp³-hybridized carbons (Fsp3) is 0.273. The first kappa shape index (κ1) is 11.2. The molecule has 15 heavy (non-hydrogen) atoms. The normalized spacial score (nSPS) is 12.7. The topological polar surface area (TPSA) is 54.2 Å². The standard InChI is InChI=1S/C11H14N2O2/c1-9(12-14)11(13-15-2)8-10-6-4-3-5-7-10/h3-7,14H,8H2,1-2H3/b12-9+,13-11-. The molecule has 0 heterocycles. The lowest BCUT2D eigenvalue weighted by atomic mass is 10.1. The first-order valence-electron chi connectivity index (χ1n) is 4.61. The second kappa shape index (κ2) is 5.80. The first-order valence-corrected chi connectivity index (χ1v) is 4.61. The molecule has 0 saturated heterocycles. The number of nitrogens with zero attached hydrogens (tertiary/aromatic N) is 2. The summed E-state index contributed by atoms with van der Waals surface area (Å²) in [4.78, 5) is 4.70. The predicted octanol–water partition coefficient (Wildman–Crippen LogP) is 2.08. The molecule has 0 bridgehead atoms. The minimum atomic E-state index is 0.459. The van der Waals surface area contributed by atoms with Crippen LogP contribution in [-0.4, -0.2) is 23.7 Å². The van der Waals surface area contributed by atoms with Crippen LogP contribution in [0.15, 0.2) is 40.6 Å². The fourth-order valence-electron chi connectivity index (χ4n) is 1.18. The van der Waals surface area contributed by atoms with Gasteiger partial charge in [-0.15, -0.1) is 0 Å². The van der Waals surface area contributed by atoms with E-state index in [1.807, 2.05) is 30.3 Å². The van der Waals surface area contributed by atoms with Gasteiger partial charge in [0, 0.05) is 6.42 Å². The molecule has 0 atom stereocenters. The third-order valence-electron chi connectivity index (χ3n) is 1.98. The summed E-state index contributed by atoms with van der Waals surface area (Å²) in [5, 5.41) is 15.6. The van der Waals surface area contributed by atoms with Crippen molar-refractivity contribution in [2.45, 2.75) is 13.3 Å². The van der Waals surface area contributed by atoms with Crippen LogP contribution in [0.4, 0.5) is 0 Å². The van der Waals surface area contributed by atoms with Crippen LogP contribution in [0, 0.1) is 0 Å². The largest absolute Gasteiger partial charge is 0.411 e. The van der Waals surface area contributed by atoms with Crippen LogP contribution in [0.25, 0.3) is 0 Å². The summed E-state index contributed by atoms with van der Waals surface area (Å²) >= 11 is 0. The van der Waals surface area contributed by atoms with Gasteiger partial charge in [0.05, 0.1) is 0 Å². The van der Waals surface area contributed by atoms with E-state index in [0.29, 0.717) is 17.8 Å². The van der Waals surface area contributed by atoms with Gasteiger partial charge in [-0.05, 0) is 12.5 Å². The summed E-state index contributed by atoms with van der Waals surface area (Å²) in [5.74, 6) is 0. The van der Waals surface area contributed by atoms with E-state index in [9.17, 15) is 0 Å². The Balaban J connectivity index is 2.81. The number of hydrogen-bond acceptors (Lipinski definition) is 4. The van der Waals surface area contributed by atoms with E-state index in [-0.39, 0.29) is 0 Å². The Bertz CT molecular complexity index is 358. The van der Waals surface area contributed by atoms with Gasteiger partial charge in [-0.1, -0.05) is 40.6 Å². The van der Waals surface area contributed by atoms with E-state index in [1.54, 1.807) is 6.92 Å². The molecule has 0 aliphatic rings. The van der Waals surface area contributed by atoms with Crippen molar-refractivity contribution in [3.05, 3.63) is 35.9 Å². The van der Waals surface area contributed by atoms with Crippen LogP contribution in [0.1, 0.15) is 12.5 Å². The van der Waals surface area contributed by atoms with Crippen molar-refractivity contribution in [2.75, 3.05) is 7.11 Å². The van der Waals surface area contributed by atoms with E-state index < -0.39 is 0 Å². The first-order chi connectivity index (χ1) is 7.27. The van der Waals surface area contributed by atoms with Gasteiger partial charge in [0.25, 0.3) is 0 Å². The lowest BCUT2D eigenvalue weighted by Gasteiger charge is -2.03. The van der Waals surface area contributed by atoms with Crippen LogP contribution in [0.3, 0.4) is 0 Å².